The molecule has 1 fully saturated rings. The summed E-state index contributed by atoms with van der Waals surface area (Å²) in [5.41, 5.74) is 0. The fraction of sp³-hybridized carbons (Fsp3) is 0.727. The number of unbranched alkanes of at least 4 members (excludes halogenated alkanes) is 11. The number of phosphoric ester groups is 2. The van der Waals surface area contributed by atoms with Gasteiger partial charge in [-0.2, -0.15) is 0 Å². The van der Waals surface area contributed by atoms with Crippen molar-refractivity contribution in [1.82, 2.24) is 0 Å². The molecule has 0 aromatic carbocycles. The molecule has 0 aromatic rings. The summed E-state index contributed by atoms with van der Waals surface area (Å²) in [5, 5.41) is 9.75. The number of hydrogen-bond acceptors (Lipinski definition) is 11. The number of aliphatic hydroxyl groups excluding tert-OH is 1. The molecule has 16 heteroatoms. The van der Waals surface area contributed by atoms with Gasteiger partial charge in [0.15, 0.2) is 6.10 Å². The molecule has 1 saturated heterocycles. The van der Waals surface area contributed by atoms with Gasteiger partial charge in [0.2, 0.25) is 0 Å². The normalized spacial score (nSPS) is 18.0. The van der Waals surface area contributed by atoms with Crippen LogP contribution < -0.4 is 0 Å². The predicted octanol–water partition coefficient (Wildman–Crippen LogP) is 10.2. The Labute approximate surface area is 359 Å². The van der Waals surface area contributed by atoms with Gasteiger partial charge in [-0.1, -0.05) is 126 Å². The Morgan fingerprint density at radius 2 is 1.13 bits per heavy atom. The highest BCUT2D eigenvalue weighted by molar-refractivity contribution is 7.47. The lowest BCUT2D eigenvalue weighted by molar-refractivity contribution is -0.161. The van der Waals surface area contributed by atoms with Crippen molar-refractivity contribution >= 4 is 27.6 Å². The van der Waals surface area contributed by atoms with E-state index >= 15 is 0 Å². The zero-order valence-corrected chi connectivity index (χ0v) is 38.0. The Morgan fingerprint density at radius 3 is 1.78 bits per heavy atom. The molecular formula is C44H76O14P2. The number of phosphoric acid groups is 2. The molecular weight excluding hydrogens is 814 g/mol. The number of carbonyl (C=O) groups excluding carboxylic acids is 2. The lowest BCUT2D eigenvalue weighted by Crippen LogP contribution is -2.30. The first kappa shape index (κ1) is 55.8. The van der Waals surface area contributed by atoms with Crippen LogP contribution in [0, 0.1) is 0 Å². The van der Waals surface area contributed by atoms with Crippen molar-refractivity contribution in [3.63, 3.8) is 0 Å². The number of ether oxygens (including phenoxy) is 3. The van der Waals surface area contributed by atoms with Gasteiger partial charge in [-0.3, -0.25) is 23.2 Å². The molecule has 1 aliphatic rings. The van der Waals surface area contributed by atoms with Gasteiger partial charge in [-0.15, -0.1) is 0 Å². The highest BCUT2D eigenvalue weighted by atomic mass is 31.2. The second kappa shape index (κ2) is 36.3. The number of allylic oxidation sites excluding steroid dienone is 9. The number of rotatable bonds is 40. The van der Waals surface area contributed by atoms with Crippen molar-refractivity contribution in [2.24, 2.45) is 0 Å². The molecule has 1 heterocycles. The number of aliphatic hydroxyl groups is 1. The zero-order chi connectivity index (χ0) is 44.2. The highest BCUT2D eigenvalue weighted by Gasteiger charge is 2.36. The van der Waals surface area contributed by atoms with Crippen molar-refractivity contribution < 1.29 is 66.3 Å². The van der Waals surface area contributed by atoms with E-state index in [0.717, 1.165) is 96.3 Å². The molecule has 0 aliphatic carbocycles. The van der Waals surface area contributed by atoms with Crippen LogP contribution in [0.4, 0.5) is 0 Å². The van der Waals surface area contributed by atoms with Crippen LogP contribution in [0.2, 0.25) is 0 Å². The van der Waals surface area contributed by atoms with E-state index in [1.807, 2.05) is 0 Å². The zero-order valence-electron chi connectivity index (χ0n) is 36.2. The third-order valence-electron chi connectivity index (χ3n) is 9.30. The van der Waals surface area contributed by atoms with Crippen molar-refractivity contribution in [3.8, 4) is 0 Å². The van der Waals surface area contributed by atoms with E-state index in [4.69, 9.17) is 28.5 Å². The van der Waals surface area contributed by atoms with Gasteiger partial charge in [-0.25, -0.2) is 9.13 Å². The van der Waals surface area contributed by atoms with Gasteiger partial charge in [-0.05, 0) is 77.0 Å². The largest absolute Gasteiger partial charge is 0.472 e. The van der Waals surface area contributed by atoms with Gasteiger partial charge in [0.1, 0.15) is 12.7 Å². The minimum Gasteiger partial charge on any atom is -0.462 e. The lowest BCUT2D eigenvalue weighted by atomic mass is 10.1. The molecule has 0 radical (unpaired) electrons. The maximum atomic E-state index is 12.7. The van der Waals surface area contributed by atoms with Gasteiger partial charge >= 0.3 is 27.6 Å². The van der Waals surface area contributed by atoms with Crippen LogP contribution in [0.3, 0.4) is 0 Å². The van der Waals surface area contributed by atoms with E-state index in [1.54, 1.807) is 0 Å². The van der Waals surface area contributed by atoms with Gasteiger partial charge < -0.3 is 34.0 Å². The Morgan fingerprint density at radius 1 is 0.600 bits per heavy atom. The average Bonchev–Trinajstić information content (AvgIpc) is 3.96. The Bertz CT molecular complexity index is 1360. The summed E-state index contributed by atoms with van der Waals surface area (Å²) < 4.78 is 53.6. The summed E-state index contributed by atoms with van der Waals surface area (Å²) in [4.78, 5) is 52.8. The second-order valence-electron chi connectivity index (χ2n) is 15.0. The van der Waals surface area contributed by atoms with Crippen LogP contribution in [-0.2, 0) is 46.5 Å². The molecule has 346 valence electrons. The summed E-state index contributed by atoms with van der Waals surface area (Å²) >= 11 is 0. The van der Waals surface area contributed by atoms with Crippen LogP contribution in [0.1, 0.15) is 155 Å². The number of carbonyl (C=O) groups is 2. The maximum absolute atomic E-state index is 12.7. The molecule has 14 nitrogen and oxygen atoms in total. The van der Waals surface area contributed by atoms with Crippen molar-refractivity contribution in [1.29, 1.82) is 0 Å². The molecule has 60 heavy (non-hydrogen) atoms. The summed E-state index contributed by atoms with van der Waals surface area (Å²) in [6.07, 6.45) is 39.4. The molecule has 5 atom stereocenters. The molecule has 1 aliphatic heterocycles. The Kier molecular flexibility index (Phi) is 33.7. The summed E-state index contributed by atoms with van der Waals surface area (Å²) in [6, 6.07) is 0. The maximum Gasteiger partial charge on any atom is 0.472 e. The fourth-order valence-corrected chi connectivity index (χ4v) is 7.03. The van der Waals surface area contributed by atoms with E-state index in [9.17, 15) is 28.7 Å². The summed E-state index contributed by atoms with van der Waals surface area (Å²) in [7, 11) is -9.70. The molecule has 1 rings (SSSR count). The first-order valence-electron chi connectivity index (χ1n) is 22.1. The predicted molar refractivity (Wildman–Crippen MR) is 234 cm³/mol. The van der Waals surface area contributed by atoms with Gasteiger partial charge in [0.25, 0.3) is 0 Å². The first-order valence-corrected chi connectivity index (χ1v) is 25.1. The summed E-state index contributed by atoms with van der Waals surface area (Å²) in [6.45, 7) is 1.56. The van der Waals surface area contributed by atoms with Gasteiger partial charge in [0.05, 0.1) is 32.0 Å². The van der Waals surface area contributed by atoms with Crippen LogP contribution in [0.15, 0.2) is 60.8 Å². The van der Waals surface area contributed by atoms with E-state index < -0.39 is 66.2 Å². The highest BCUT2D eigenvalue weighted by Crippen LogP contribution is 2.44. The van der Waals surface area contributed by atoms with E-state index in [1.165, 1.54) is 19.3 Å². The number of esters is 2. The topological polar surface area (TPSA) is 208 Å². The van der Waals surface area contributed by atoms with E-state index in [2.05, 4.69) is 83.7 Å². The molecule has 3 unspecified atom stereocenters. The third-order valence-corrected chi connectivity index (χ3v) is 10.7. The molecule has 0 spiro atoms. The monoisotopic (exact) mass is 890 g/mol. The SMILES string of the molecule is CC/C=C\C/C=C\C/C=C\C/C=C\CCCCCCC(=O)O[C@H](COC(=O)CCCCCCCC1OC1C/C=C\CCCCC)COP(=O)(O)OC[C@@H](O)COP(=O)(O)O. The molecule has 0 saturated carbocycles. The second-order valence-corrected chi connectivity index (χ2v) is 17.7. The minimum atomic E-state index is -4.87. The first-order chi connectivity index (χ1) is 28.8. The molecule has 0 aromatic heterocycles. The Hall–Kier alpha value is -2.22. The number of hydrogen-bond donors (Lipinski definition) is 4. The van der Waals surface area contributed by atoms with Crippen LogP contribution in [0.5, 0.6) is 0 Å². The fourth-order valence-electron chi connectivity index (χ4n) is 5.87. The van der Waals surface area contributed by atoms with Crippen LogP contribution >= 0.6 is 15.6 Å². The quantitative estimate of drug-likeness (QED) is 0.0148. The smallest absolute Gasteiger partial charge is 0.462 e. The standard InChI is InChI=1S/C44H76O14P2/c1-3-5-7-9-11-12-13-14-15-16-17-18-19-20-21-25-30-34-44(47)57-40(38-56-60(51,52)55-36-39(45)35-54-59(48,49)50)37-53-43(46)33-29-26-22-24-28-32-42-41(58-42)31-27-23-10-8-6-4-2/h5,7,11-12,14-15,17-18,23,27,39-42,45H,3-4,6,8-10,13,16,19-22,24-26,28-38H2,1-2H3,(H,51,52)(H2,48,49,50)/b7-5-,12-11-,15-14-,18-17-,27-23-/t39-,40+,41?,42?/m0/s1. The average molecular weight is 891 g/mol. The van der Waals surface area contributed by atoms with Crippen molar-refractivity contribution in [3.05, 3.63) is 60.8 Å². The van der Waals surface area contributed by atoms with Gasteiger partial charge in [0, 0.05) is 12.8 Å². The number of epoxide rings is 1. The van der Waals surface area contributed by atoms with Crippen LogP contribution in [0.25, 0.3) is 0 Å². The lowest BCUT2D eigenvalue weighted by Gasteiger charge is -2.20. The van der Waals surface area contributed by atoms with Crippen LogP contribution in [-0.4, -0.2) is 82.6 Å². The van der Waals surface area contributed by atoms with Crippen molar-refractivity contribution in [2.45, 2.75) is 180 Å². The van der Waals surface area contributed by atoms with Crippen molar-refractivity contribution in [2.75, 3.05) is 26.4 Å². The van der Waals surface area contributed by atoms with E-state index in [-0.39, 0.29) is 12.8 Å². The minimum absolute atomic E-state index is 0.0944. The Balaban J connectivity index is 2.38. The third kappa shape index (κ3) is 36.4. The molecule has 0 amide bonds. The van der Waals surface area contributed by atoms with E-state index in [0.29, 0.717) is 25.0 Å². The summed E-state index contributed by atoms with van der Waals surface area (Å²) in [5.74, 6) is -1.09. The molecule has 0 bridgehead atoms. The molecule has 4 N–H and O–H groups in total.